The van der Waals surface area contributed by atoms with Crippen molar-refractivity contribution in [2.45, 2.75) is 18.8 Å². The summed E-state index contributed by atoms with van der Waals surface area (Å²) in [5, 5.41) is 8.18. The second-order valence-corrected chi connectivity index (χ2v) is 3.09. The molecule has 0 aliphatic carbocycles. The van der Waals surface area contributed by atoms with Crippen LogP contribution in [-0.2, 0) is 6.18 Å². The van der Waals surface area contributed by atoms with Crippen molar-refractivity contribution < 1.29 is 26.3 Å². The van der Waals surface area contributed by atoms with Crippen molar-refractivity contribution in [3.05, 3.63) is 17.8 Å². The average Bonchev–Trinajstić information content (AvgIpc) is 2.15. The zero-order valence-electron chi connectivity index (χ0n) is 8.23. The summed E-state index contributed by atoms with van der Waals surface area (Å²) >= 11 is 0. The fourth-order valence-electron chi connectivity index (χ4n) is 0.910. The molecule has 0 aliphatic rings. The Morgan fingerprint density at radius 2 is 1.65 bits per heavy atom. The van der Waals surface area contributed by atoms with Crippen LogP contribution in [0.4, 0.5) is 32.2 Å². The first-order valence-corrected chi connectivity index (χ1v) is 4.40. The molecule has 9 heteroatoms. The second-order valence-electron chi connectivity index (χ2n) is 3.09. The minimum atomic E-state index is -4.61. The summed E-state index contributed by atoms with van der Waals surface area (Å²) in [6.45, 7) is -0.469. The number of aromatic nitrogens is 2. The molecule has 0 unspecified atom stereocenters. The van der Waals surface area contributed by atoms with Crippen LogP contribution in [0, 0.1) is 0 Å². The van der Waals surface area contributed by atoms with E-state index < -0.39 is 31.0 Å². The molecule has 0 radical (unpaired) electrons. The minimum Gasteiger partial charge on any atom is -0.368 e. The molecule has 96 valence electrons. The van der Waals surface area contributed by atoms with E-state index in [4.69, 9.17) is 0 Å². The Morgan fingerprint density at radius 3 is 2.06 bits per heavy atom. The molecule has 1 heterocycles. The lowest BCUT2D eigenvalue weighted by Crippen LogP contribution is -2.16. The highest BCUT2D eigenvalue weighted by Gasteiger charge is 2.33. The average molecular weight is 259 g/mol. The van der Waals surface area contributed by atoms with Crippen molar-refractivity contribution >= 4 is 5.82 Å². The highest BCUT2D eigenvalue weighted by atomic mass is 19.4. The third-order valence-electron chi connectivity index (χ3n) is 1.67. The van der Waals surface area contributed by atoms with Crippen molar-refractivity contribution in [3.63, 3.8) is 0 Å². The largest absolute Gasteiger partial charge is 0.435 e. The van der Waals surface area contributed by atoms with Crippen LogP contribution < -0.4 is 5.32 Å². The maximum Gasteiger partial charge on any atom is 0.435 e. The van der Waals surface area contributed by atoms with E-state index in [1.165, 1.54) is 0 Å². The lowest BCUT2D eigenvalue weighted by molar-refractivity contribution is -0.141. The summed E-state index contributed by atoms with van der Waals surface area (Å²) < 4.78 is 71.4. The summed E-state index contributed by atoms with van der Waals surface area (Å²) in [7, 11) is 0. The highest BCUT2D eigenvalue weighted by Crippen LogP contribution is 2.27. The molecule has 1 N–H and O–H groups in total. The molecule has 0 fully saturated rings. The summed E-state index contributed by atoms with van der Waals surface area (Å²) in [5.41, 5.74) is -1.20. The Morgan fingerprint density at radius 1 is 1.00 bits per heavy atom. The van der Waals surface area contributed by atoms with E-state index in [2.05, 4.69) is 15.5 Å². The number of rotatable bonds is 3. The standard InChI is InChI=1S/C8H7F6N3/c9-7(10,11)3-4-15-6-2-1-5(16-17-6)8(12,13)14/h1-2H,3-4H2,(H,15,17). The van der Waals surface area contributed by atoms with Crippen LogP contribution in [0.1, 0.15) is 12.1 Å². The number of halogens is 6. The Labute approximate surface area is 91.8 Å². The van der Waals surface area contributed by atoms with Gasteiger partial charge in [-0.05, 0) is 12.1 Å². The highest BCUT2D eigenvalue weighted by molar-refractivity contribution is 5.33. The Kier molecular flexibility index (Phi) is 3.79. The third kappa shape index (κ3) is 4.87. The molecule has 1 aromatic heterocycles. The number of nitrogens with one attached hydrogen (secondary N) is 1. The molecule has 1 rings (SSSR count). The van der Waals surface area contributed by atoms with E-state index in [9.17, 15) is 26.3 Å². The van der Waals surface area contributed by atoms with Crippen LogP contribution in [0.3, 0.4) is 0 Å². The summed E-state index contributed by atoms with van der Waals surface area (Å²) in [6.07, 6.45) is -10.0. The Hall–Kier alpha value is -1.54. The molecule has 0 aliphatic heterocycles. The molecular weight excluding hydrogens is 252 g/mol. The molecule has 0 aromatic carbocycles. The van der Waals surface area contributed by atoms with E-state index in [-0.39, 0.29) is 5.82 Å². The molecule has 3 nitrogen and oxygen atoms in total. The fraction of sp³-hybridized carbons (Fsp3) is 0.500. The lowest BCUT2D eigenvalue weighted by Gasteiger charge is -2.08. The molecule has 0 saturated carbocycles. The van der Waals surface area contributed by atoms with Gasteiger partial charge in [0.25, 0.3) is 0 Å². The van der Waals surface area contributed by atoms with E-state index in [1.807, 2.05) is 0 Å². The summed E-state index contributed by atoms with van der Waals surface area (Å²) in [6, 6.07) is 1.56. The number of hydrogen-bond acceptors (Lipinski definition) is 3. The predicted octanol–water partition coefficient (Wildman–Crippen LogP) is 2.86. The van der Waals surface area contributed by atoms with Gasteiger partial charge in [0.15, 0.2) is 5.69 Å². The zero-order chi connectivity index (χ0) is 13.1. The van der Waals surface area contributed by atoms with Gasteiger partial charge in [-0.15, -0.1) is 10.2 Å². The third-order valence-corrected chi connectivity index (χ3v) is 1.67. The van der Waals surface area contributed by atoms with Gasteiger partial charge in [0.2, 0.25) is 0 Å². The van der Waals surface area contributed by atoms with Gasteiger partial charge < -0.3 is 5.32 Å². The zero-order valence-corrected chi connectivity index (χ0v) is 8.23. The maximum absolute atomic E-state index is 12.1. The van der Waals surface area contributed by atoms with Gasteiger partial charge in [-0.2, -0.15) is 26.3 Å². The first-order valence-electron chi connectivity index (χ1n) is 4.40. The van der Waals surface area contributed by atoms with Crippen LogP contribution in [-0.4, -0.2) is 22.9 Å². The molecule has 0 amide bonds. The van der Waals surface area contributed by atoms with Crippen LogP contribution in [0.25, 0.3) is 0 Å². The van der Waals surface area contributed by atoms with Crippen molar-refractivity contribution in [2.24, 2.45) is 0 Å². The van der Waals surface area contributed by atoms with Gasteiger partial charge in [0, 0.05) is 6.54 Å². The predicted molar refractivity (Wildman–Crippen MR) is 46.2 cm³/mol. The quantitative estimate of drug-likeness (QED) is 0.848. The molecule has 17 heavy (non-hydrogen) atoms. The number of alkyl halides is 6. The fourth-order valence-corrected chi connectivity index (χ4v) is 0.910. The first-order chi connectivity index (χ1) is 7.68. The van der Waals surface area contributed by atoms with Gasteiger partial charge in [0.1, 0.15) is 5.82 Å². The second kappa shape index (κ2) is 4.76. The minimum absolute atomic E-state index is 0.137. The maximum atomic E-state index is 12.1. The van der Waals surface area contributed by atoms with E-state index >= 15 is 0 Å². The molecule has 0 spiro atoms. The van der Waals surface area contributed by atoms with Crippen LogP contribution in [0.15, 0.2) is 12.1 Å². The Bertz CT molecular complexity index is 355. The molecule has 0 saturated heterocycles. The smallest absolute Gasteiger partial charge is 0.368 e. The van der Waals surface area contributed by atoms with Gasteiger partial charge in [-0.3, -0.25) is 0 Å². The van der Waals surface area contributed by atoms with Crippen molar-refractivity contribution in [3.8, 4) is 0 Å². The monoisotopic (exact) mass is 259 g/mol. The Balaban J connectivity index is 2.52. The molecule has 1 aromatic rings. The van der Waals surface area contributed by atoms with E-state index in [0.717, 1.165) is 6.07 Å². The van der Waals surface area contributed by atoms with Crippen molar-refractivity contribution in [1.29, 1.82) is 0 Å². The van der Waals surface area contributed by atoms with Crippen molar-refractivity contribution in [2.75, 3.05) is 11.9 Å². The molecular formula is C8H7F6N3. The summed E-state index contributed by atoms with van der Waals surface area (Å²) in [4.78, 5) is 0. The number of anilines is 1. The lowest BCUT2D eigenvalue weighted by atomic mass is 10.3. The SMILES string of the molecule is FC(F)(F)CCNc1ccc(C(F)(F)F)nn1. The van der Waals surface area contributed by atoms with Crippen LogP contribution in [0.5, 0.6) is 0 Å². The number of nitrogens with zero attached hydrogens (tertiary/aromatic N) is 2. The van der Waals surface area contributed by atoms with E-state index in [1.54, 1.807) is 0 Å². The summed E-state index contributed by atoms with van der Waals surface area (Å²) in [5.74, 6) is -0.137. The van der Waals surface area contributed by atoms with Crippen molar-refractivity contribution in [1.82, 2.24) is 10.2 Å². The first kappa shape index (κ1) is 13.5. The van der Waals surface area contributed by atoms with Gasteiger partial charge >= 0.3 is 12.4 Å². The van der Waals surface area contributed by atoms with Gasteiger partial charge in [-0.25, -0.2) is 0 Å². The van der Waals surface area contributed by atoms with Crippen LogP contribution in [0.2, 0.25) is 0 Å². The van der Waals surface area contributed by atoms with Crippen LogP contribution >= 0.6 is 0 Å². The molecule has 0 atom stereocenters. The number of hydrogen-bond donors (Lipinski definition) is 1. The van der Waals surface area contributed by atoms with Gasteiger partial charge in [-0.1, -0.05) is 0 Å². The topological polar surface area (TPSA) is 37.8 Å². The normalized spacial score (nSPS) is 12.6. The van der Waals surface area contributed by atoms with E-state index in [0.29, 0.717) is 6.07 Å². The van der Waals surface area contributed by atoms with Gasteiger partial charge in [0.05, 0.1) is 6.42 Å². The molecule has 0 bridgehead atoms.